The monoisotopic (exact) mass is 417 g/mol. The third-order valence-corrected chi connectivity index (χ3v) is 5.64. The molecule has 4 aromatic rings. The molecule has 4 rings (SSSR count). The average Bonchev–Trinajstić information content (AvgIpc) is 2.97. The van der Waals surface area contributed by atoms with Gasteiger partial charge in [0.15, 0.2) is 0 Å². The van der Waals surface area contributed by atoms with Crippen molar-refractivity contribution in [2.45, 2.75) is 16.3 Å². The van der Waals surface area contributed by atoms with Crippen molar-refractivity contribution in [1.82, 2.24) is 4.57 Å². The maximum absolute atomic E-state index is 6.79. The van der Waals surface area contributed by atoms with Crippen molar-refractivity contribution in [3.8, 4) is 0 Å². The first-order chi connectivity index (χ1) is 12.8. The van der Waals surface area contributed by atoms with Crippen LogP contribution >= 0.6 is 45.9 Å². The summed E-state index contributed by atoms with van der Waals surface area (Å²) in [5, 5.41) is 2.00. The number of para-hydroxylation sites is 1. The van der Waals surface area contributed by atoms with Gasteiger partial charge in [0, 0.05) is 16.8 Å². The van der Waals surface area contributed by atoms with Gasteiger partial charge in [-0.15, -0.1) is 0 Å². The highest BCUT2D eigenvalue weighted by molar-refractivity contribution is 8.05. The highest BCUT2D eigenvalue weighted by Crippen LogP contribution is 2.41. The Morgan fingerprint density at radius 2 is 1.35 bits per heavy atom. The van der Waals surface area contributed by atoms with Crippen LogP contribution in [0.1, 0.15) is 5.56 Å². The van der Waals surface area contributed by atoms with Crippen molar-refractivity contribution in [3.63, 3.8) is 0 Å². The molecule has 26 heavy (non-hydrogen) atoms. The summed E-state index contributed by atoms with van der Waals surface area (Å²) in [7, 11) is 4.33. The number of hydrogen-bond donors (Lipinski definition) is 1. The third-order valence-electron chi connectivity index (χ3n) is 4.01. The zero-order valence-corrected chi connectivity index (χ0v) is 17.1. The average molecular weight is 418 g/mol. The van der Waals surface area contributed by atoms with Crippen molar-refractivity contribution in [2.75, 3.05) is 0 Å². The molecule has 0 spiro atoms. The molecule has 0 aliphatic carbocycles. The molecule has 0 fully saturated rings. The number of thiol groups is 1. The van der Waals surface area contributed by atoms with Crippen LogP contribution in [0.2, 0.25) is 5.15 Å². The standard InChI is InChI=1S/C21H16ClNS.ClHS/c22-21-20(24-17-11-5-2-6-12-17)18-13-7-8-14-19(18)23(21)15-16-9-3-1-4-10-16;1-2/h1-14H,15H2;2H. The molecule has 0 aliphatic heterocycles. The molecule has 132 valence electrons. The van der Waals surface area contributed by atoms with Gasteiger partial charge < -0.3 is 4.57 Å². The highest BCUT2D eigenvalue weighted by Gasteiger charge is 2.16. The molecule has 0 atom stereocenters. The highest BCUT2D eigenvalue weighted by atomic mass is 35.7. The maximum atomic E-state index is 6.79. The molecule has 1 nitrogen and oxygen atoms in total. The summed E-state index contributed by atoms with van der Waals surface area (Å²) in [5.74, 6) is 0. The van der Waals surface area contributed by atoms with Crippen LogP contribution in [0.25, 0.3) is 10.9 Å². The maximum Gasteiger partial charge on any atom is 0.124 e. The summed E-state index contributed by atoms with van der Waals surface area (Å²) in [5.41, 5.74) is 2.42. The lowest BCUT2D eigenvalue weighted by atomic mass is 10.2. The first-order valence-corrected chi connectivity index (χ1v) is 10.6. The molecule has 1 aromatic heterocycles. The van der Waals surface area contributed by atoms with Crippen LogP contribution in [0, 0.1) is 0 Å². The Morgan fingerprint density at radius 1 is 0.769 bits per heavy atom. The van der Waals surface area contributed by atoms with Crippen LogP contribution < -0.4 is 0 Å². The molecular formula is C21H17Cl2NS2. The summed E-state index contributed by atoms with van der Waals surface area (Å²) in [6.07, 6.45) is 0. The third kappa shape index (κ3) is 4.24. The lowest BCUT2D eigenvalue weighted by Crippen LogP contribution is -1.99. The van der Waals surface area contributed by atoms with E-state index < -0.39 is 0 Å². The predicted molar refractivity (Wildman–Crippen MR) is 118 cm³/mol. The lowest BCUT2D eigenvalue weighted by Gasteiger charge is -2.07. The van der Waals surface area contributed by atoms with Crippen LogP contribution in [-0.2, 0) is 6.54 Å². The van der Waals surface area contributed by atoms with E-state index in [1.54, 1.807) is 11.8 Å². The molecule has 0 saturated heterocycles. The fourth-order valence-corrected chi connectivity index (χ4v) is 4.24. The van der Waals surface area contributed by atoms with Gasteiger partial charge in [-0.2, -0.15) is 0 Å². The van der Waals surface area contributed by atoms with E-state index >= 15 is 0 Å². The second kappa shape index (κ2) is 9.43. The molecular weight excluding hydrogens is 401 g/mol. The normalized spacial score (nSPS) is 10.4. The van der Waals surface area contributed by atoms with E-state index in [0.29, 0.717) is 0 Å². The first-order valence-electron chi connectivity index (χ1n) is 8.03. The number of nitrogens with zero attached hydrogens (tertiary/aromatic N) is 1. The van der Waals surface area contributed by atoms with Gasteiger partial charge in [0.2, 0.25) is 0 Å². The van der Waals surface area contributed by atoms with Crippen molar-refractivity contribution in [1.29, 1.82) is 0 Å². The number of benzene rings is 3. The quantitative estimate of drug-likeness (QED) is 0.335. The molecule has 3 aromatic carbocycles. The van der Waals surface area contributed by atoms with Gasteiger partial charge in [-0.05, 0) is 34.4 Å². The van der Waals surface area contributed by atoms with E-state index in [1.165, 1.54) is 21.4 Å². The van der Waals surface area contributed by atoms with Crippen LogP contribution in [0.15, 0.2) is 94.7 Å². The van der Waals surface area contributed by atoms with Crippen molar-refractivity contribution >= 4 is 56.8 Å². The largest absolute Gasteiger partial charge is 0.326 e. The van der Waals surface area contributed by atoms with Gasteiger partial charge in [-0.25, -0.2) is 0 Å². The molecule has 0 aliphatic rings. The molecule has 0 bridgehead atoms. The molecule has 0 amide bonds. The summed E-state index contributed by atoms with van der Waals surface area (Å²) in [6.45, 7) is 0.773. The Balaban J connectivity index is 0.000000948. The smallest absolute Gasteiger partial charge is 0.124 e. The minimum atomic E-state index is 0.773. The summed E-state index contributed by atoms with van der Waals surface area (Å²) in [6, 6.07) is 29.2. The van der Waals surface area contributed by atoms with Crippen molar-refractivity contribution in [2.24, 2.45) is 0 Å². The predicted octanol–water partition coefficient (Wildman–Crippen LogP) is 7.56. The number of aromatic nitrogens is 1. The van der Waals surface area contributed by atoms with E-state index in [1.807, 2.05) is 12.1 Å². The molecule has 0 N–H and O–H groups in total. The minimum Gasteiger partial charge on any atom is -0.326 e. The fourth-order valence-electron chi connectivity index (χ4n) is 2.86. The van der Waals surface area contributed by atoms with Gasteiger partial charge in [-0.3, -0.25) is 0 Å². The topological polar surface area (TPSA) is 4.93 Å². The van der Waals surface area contributed by atoms with Crippen molar-refractivity contribution in [3.05, 3.63) is 95.6 Å². The van der Waals surface area contributed by atoms with E-state index in [-0.39, 0.29) is 0 Å². The summed E-state index contributed by atoms with van der Waals surface area (Å²) >= 11 is 11.5. The Morgan fingerprint density at radius 3 is 2.04 bits per heavy atom. The number of halogens is 2. The van der Waals surface area contributed by atoms with Gasteiger partial charge >= 0.3 is 0 Å². The summed E-state index contributed by atoms with van der Waals surface area (Å²) < 4.78 is 2.19. The minimum absolute atomic E-state index is 0.773. The number of hydrogen-bond acceptors (Lipinski definition) is 2. The van der Waals surface area contributed by atoms with Gasteiger partial charge in [0.05, 0.1) is 10.4 Å². The SMILES string of the molecule is Clc1c(Sc2ccccc2)c2ccccc2n1Cc1ccccc1.SCl. The molecule has 0 saturated carbocycles. The van der Waals surface area contributed by atoms with Crippen LogP contribution in [0.5, 0.6) is 0 Å². The first kappa shape index (κ1) is 19.2. The molecule has 0 unspecified atom stereocenters. The van der Waals surface area contributed by atoms with Crippen LogP contribution in [-0.4, -0.2) is 4.57 Å². The Kier molecular flexibility index (Phi) is 6.98. The Bertz CT molecular complexity index is 891. The second-order valence-corrected chi connectivity index (χ2v) is 7.07. The molecule has 1 heterocycles. The Labute approximate surface area is 172 Å². The number of fused-ring (bicyclic) bond motifs is 1. The van der Waals surface area contributed by atoms with Crippen LogP contribution in [0.3, 0.4) is 0 Å². The van der Waals surface area contributed by atoms with Gasteiger partial charge in [0.1, 0.15) is 5.15 Å². The second-order valence-electron chi connectivity index (χ2n) is 5.62. The summed E-state index contributed by atoms with van der Waals surface area (Å²) in [4.78, 5) is 2.32. The van der Waals surface area contributed by atoms with Crippen molar-refractivity contribution < 1.29 is 0 Å². The van der Waals surface area contributed by atoms with Gasteiger partial charge in [0.25, 0.3) is 0 Å². The Hall–Kier alpha value is -1.52. The van der Waals surface area contributed by atoms with E-state index in [0.717, 1.165) is 16.6 Å². The lowest BCUT2D eigenvalue weighted by molar-refractivity contribution is 0.831. The van der Waals surface area contributed by atoms with E-state index in [4.69, 9.17) is 11.6 Å². The van der Waals surface area contributed by atoms with E-state index in [9.17, 15) is 0 Å². The zero-order chi connectivity index (χ0) is 18.4. The zero-order valence-electron chi connectivity index (χ0n) is 13.8. The van der Waals surface area contributed by atoms with Gasteiger partial charge in [-0.1, -0.05) is 102 Å². The van der Waals surface area contributed by atoms with Crippen LogP contribution in [0.4, 0.5) is 0 Å². The molecule has 5 heteroatoms. The van der Waals surface area contributed by atoms with E-state index in [2.05, 4.69) is 99.9 Å². The number of rotatable bonds is 4. The molecule has 0 radical (unpaired) electrons. The fraction of sp³-hybridized carbons (Fsp3) is 0.0476.